The van der Waals surface area contributed by atoms with E-state index in [2.05, 4.69) is 17.9 Å². The molecule has 0 aliphatic rings. The smallest absolute Gasteiger partial charge is 0.253 e. The van der Waals surface area contributed by atoms with Crippen LogP contribution in [0.2, 0.25) is 5.02 Å². The van der Waals surface area contributed by atoms with Crippen LogP contribution in [0, 0.1) is 11.6 Å². The van der Waals surface area contributed by atoms with E-state index in [4.69, 9.17) is 11.6 Å². The van der Waals surface area contributed by atoms with Gasteiger partial charge in [0.25, 0.3) is 5.91 Å². The Balaban J connectivity index is 2.10. The van der Waals surface area contributed by atoms with Crippen LogP contribution in [0.1, 0.15) is 15.9 Å². The molecule has 2 nitrogen and oxygen atoms in total. The van der Waals surface area contributed by atoms with E-state index in [1.807, 2.05) is 0 Å². The summed E-state index contributed by atoms with van der Waals surface area (Å²) in [5, 5.41) is 2.80. The fraction of sp³-hybridized carbons (Fsp3) is 0.0714. The van der Waals surface area contributed by atoms with Crippen molar-refractivity contribution in [2.24, 2.45) is 0 Å². The van der Waals surface area contributed by atoms with E-state index < -0.39 is 17.5 Å². The summed E-state index contributed by atoms with van der Waals surface area (Å²) < 4.78 is 26.2. The molecule has 0 aliphatic carbocycles. The van der Waals surface area contributed by atoms with Crippen molar-refractivity contribution in [1.82, 2.24) is 5.32 Å². The van der Waals surface area contributed by atoms with Crippen LogP contribution in [0.5, 0.6) is 0 Å². The third-order valence-electron chi connectivity index (χ3n) is 2.65. The lowest BCUT2D eigenvalue weighted by molar-refractivity contribution is 0.0950. The molecule has 1 N–H and O–H groups in total. The number of amides is 1. The highest BCUT2D eigenvalue weighted by Gasteiger charge is 2.11. The maximum atomic E-state index is 13.4. The van der Waals surface area contributed by atoms with Crippen LogP contribution in [0.3, 0.4) is 0 Å². The summed E-state index contributed by atoms with van der Waals surface area (Å²) in [7, 11) is 0. The van der Waals surface area contributed by atoms with Crippen molar-refractivity contribution in [3.8, 4) is 0 Å². The molecule has 0 radical (unpaired) electrons. The van der Waals surface area contributed by atoms with Crippen molar-refractivity contribution in [1.29, 1.82) is 0 Å². The molecule has 0 spiro atoms. The second-order valence-corrected chi connectivity index (χ2v) is 5.01. The van der Waals surface area contributed by atoms with E-state index in [0.29, 0.717) is 4.90 Å². The summed E-state index contributed by atoms with van der Waals surface area (Å²) >= 11 is 10.0. The molecule has 20 heavy (non-hydrogen) atoms. The summed E-state index contributed by atoms with van der Waals surface area (Å²) in [6, 6.07) is 7.90. The average molecular weight is 314 g/mol. The third-order valence-corrected chi connectivity index (χ3v) is 3.26. The largest absolute Gasteiger partial charge is 0.348 e. The fourth-order valence-electron chi connectivity index (χ4n) is 1.62. The molecule has 104 valence electrons. The first-order valence-electron chi connectivity index (χ1n) is 5.68. The molecular weight excluding hydrogens is 304 g/mol. The zero-order chi connectivity index (χ0) is 14.7. The van der Waals surface area contributed by atoms with Gasteiger partial charge in [-0.25, -0.2) is 8.78 Å². The number of halogens is 3. The van der Waals surface area contributed by atoms with Crippen LogP contribution in [0.4, 0.5) is 8.78 Å². The van der Waals surface area contributed by atoms with Crippen LogP contribution in [0.15, 0.2) is 41.3 Å². The summed E-state index contributed by atoms with van der Waals surface area (Å²) in [5.74, 6) is -1.82. The number of nitrogens with one attached hydrogen (secondary N) is 1. The Bertz CT molecular complexity index is 664. The quantitative estimate of drug-likeness (QED) is 0.828. The molecular formula is C14H10ClF2NOS. The number of hydrogen-bond acceptors (Lipinski definition) is 2. The second-order valence-electron chi connectivity index (χ2n) is 4.08. The van der Waals surface area contributed by atoms with Crippen molar-refractivity contribution in [2.75, 3.05) is 0 Å². The van der Waals surface area contributed by atoms with Gasteiger partial charge in [0.2, 0.25) is 0 Å². The SMILES string of the molecule is O=C(NCc1ccc(F)cc1F)c1cc(S)ccc1Cl. The van der Waals surface area contributed by atoms with Crippen molar-refractivity contribution in [3.63, 3.8) is 0 Å². The molecule has 2 aromatic carbocycles. The maximum Gasteiger partial charge on any atom is 0.253 e. The lowest BCUT2D eigenvalue weighted by Gasteiger charge is -2.08. The Labute approximate surface area is 125 Å². The molecule has 0 atom stereocenters. The van der Waals surface area contributed by atoms with Gasteiger partial charge in [-0.2, -0.15) is 0 Å². The average Bonchev–Trinajstić information content (AvgIpc) is 2.40. The van der Waals surface area contributed by atoms with Gasteiger partial charge in [-0.1, -0.05) is 17.7 Å². The van der Waals surface area contributed by atoms with E-state index in [9.17, 15) is 13.6 Å². The van der Waals surface area contributed by atoms with Crippen LogP contribution in [-0.4, -0.2) is 5.91 Å². The predicted octanol–water partition coefficient (Wildman–Crippen LogP) is 3.84. The topological polar surface area (TPSA) is 29.1 Å². The first kappa shape index (κ1) is 14.8. The van der Waals surface area contributed by atoms with Gasteiger partial charge in [0.05, 0.1) is 10.6 Å². The van der Waals surface area contributed by atoms with E-state index >= 15 is 0 Å². The monoisotopic (exact) mass is 313 g/mol. The molecule has 0 saturated carbocycles. The molecule has 6 heteroatoms. The summed E-state index contributed by atoms with van der Waals surface area (Å²) in [5.41, 5.74) is 0.444. The fourth-order valence-corrected chi connectivity index (χ4v) is 2.03. The molecule has 0 fully saturated rings. The van der Waals surface area contributed by atoms with Gasteiger partial charge >= 0.3 is 0 Å². The summed E-state index contributed by atoms with van der Waals surface area (Å²) in [4.78, 5) is 12.5. The van der Waals surface area contributed by atoms with E-state index in [1.165, 1.54) is 12.1 Å². The van der Waals surface area contributed by atoms with Gasteiger partial charge in [-0.15, -0.1) is 12.6 Å². The zero-order valence-corrected chi connectivity index (χ0v) is 11.8. The Morgan fingerprint density at radius 3 is 2.65 bits per heavy atom. The molecule has 1 amide bonds. The summed E-state index contributed by atoms with van der Waals surface area (Å²) in [6.07, 6.45) is 0. The van der Waals surface area contributed by atoms with E-state index in [-0.39, 0.29) is 22.7 Å². The van der Waals surface area contributed by atoms with Crippen LogP contribution in [0.25, 0.3) is 0 Å². The Kier molecular flexibility index (Phi) is 4.62. The van der Waals surface area contributed by atoms with Crippen molar-refractivity contribution >= 4 is 30.1 Å². The molecule has 2 aromatic rings. The number of benzene rings is 2. The minimum Gasteiger partial charge on any atom is -0.348 e. The minimum atomic E-state index is -0.709. The normalized spacial score (nSPS) is 10.4. The van der Waals surface area contributed by atoms with E-state index in [1.54, 1.807) is 12.1 Å². The van der Waals surface area contributed by atoms with Crippen molar-refractivity contribution in [3.05, 3.63) is 64.2 Å². The molecule has 2 rings (SSSR count). The van der Waals surface area contributed by atoms with Crippen molar-refractivity contribution < 1.29 is 13.6 Å². The van der Waals surface area contributed by atoms with Crippen molar-refractivity contribution in [2.45, 2.75) is 11.4 Å². The highest BCUT2D eigenvalue weighted by Crippen LogP contribution is 2.19. The standard InChI is InChI=1S/C14H10ClF2NOS/c15-12-4-3-10(20)6-11(12)14(19)18-7-8-1-2-9(16)5-13(8)17/h1-6,20H,7H2,(H,18,19). The number of thiol groups is 1. The highest BCUT2D eigenvalue weighted by atomic mass is 35.5. The van der Waals surface area contributed by atoms with Gasteiger partial charge in [0.15, 0.2) is 0 Å². The molecule has 0 aromatic heterocycles. The lowest BCUT2D eigenvalue weighted by atomic mass is 10.2. The van der Waals surface area contributed by atoms with Gasteiger partial charge in [-0.3, -0.25) is 4.79 Å². The first-order valence-corrected chi connectivity index (χ1v) is 6.50. The second kappa shape index (κ2) is 6.24. The number of hydrogen-bond donors (Lipinski definition) is 2. The van der Waals surface area contributed by atoms with Crippen LogP contribution < -0.4 is 5.32 Å². The molecule has 0 unspecified atom stereocenters. The molecule has 0 saturated heterocycles. The van der Waals surface area contributed by atoms with Gasteiger partial charge in [0, 0.05) is 23.1 Å². The van der Waals surface area contributed by atoms with Crippen LogP contribution in [-0.2, 0) is 6.54 Å². The zero-order valence-electron chi connectivity index (χ0n) is 10.2. The minimum absolute atomic E-state index is 0.0575. The Morgan fingerprint density at radius 1 is 1.20 bits per heavy atom. The highest BCUT2D eigenvalue weighted by molar-refractivity contribution is 7.80. The first-order chi connectivity index (χ1) is 9.47. The van der Waals surface area contributed by atoms with Crippen LogP contribution >= 0.6 is 24.2 Å². The number of carbonyl (C=O) groups excluding carboxylic acids is 1. The number of carbonyl (C=O) groups is 1. The Morgan fingerprint density at radius 2 is 1.95 bits per heavy atom. The maximum absolute atomic E-state index is 13.4. The van der Waals surface area contributed by atoms with E-state index in [0.717, 1.165) is 12.1 Å². The third kappa shape index (κ3) is 3.49. The predicted molar refractivity (Wildman–Crippen MR) is 76.2 cm³/mol. The molecule has 0 aliphatic heterocycles. The van der Waals surface area contributed by atoms with Gasteiger partial charge < -0.3 is 5.32 Å². The molecule has 0 heterocycles. The van der Waals surface area contributed by atoms with Gasteiger partial charge in [-0.05, 0) is 24.3 Å². The molecule has 0 bridgehead atoms. The lowest BCUT2D eigenvalue weighted by Crippen LogP contribution is -2.23. The van der Waals surface area contributed by atoms with Gasteiger partial charge in [0.1, 0.15) is 11.6 Å². The number of rotatable bonds is 3. The Hall–Kier alpha value is -1.59. The summed E-state index contributed by atoms with van der Waals surface area (Å²) in [6.45, 7) is -0.0575.